The number of benzene rings is 1. The van der Waals surface area contributed by atoms with Crippen LogP contribution >= 0.6 is 0 Å². The van der Waals surface area contributed by atoms with Crippen LogP contribution in [0.4, 0.5) is 5.82 Å². The van der Waals surface area contributed by atoms with Crippen LogP contribution in [0.15, 0.2) is 24.3 Å². The largest absolute Gasteiger partial charge is 0.351 e. The van der Waals surface area contributed by atoms with Gasteiger partial charge in [-0.05, 0) is 37.8 Å². The van der Waals surface area contributed by atoms with Crippen LogP contribution in [-0.2, 0) is 0 Å². The molecule has 106 valence electrons. The Morgan fingerprint density at radius 1 is 1.25 bits per heavy atom. The van der Waals surface area contributed by atoms with Gasteiger partial charge in [-0.3, -0.25) is 0 Å². The predicted octanol–water partition coefficient (Wildman–Crippen LogP) is 2.50. The number of aryl methyl sites for hydroxylation is 1. The van der Waals surface area contributed by atoms with Gasteiger partial charge in [0.2, 0.25) is 0 Å². The van der Waals surface area contributed by atoms with Gasteiger partial charge < -0.3 is 10.6 Å². The van der Waals surface area contributed by atoms with Crippen LogP contribution in [0.2, 0.25) is 0 Å². The van der Waals surface area contributed by atoms with Crippen molar-refractivity contribution in [2.45, 2.75) is 32.7 Å². The van der Waals surface area contributed by atoms with E-state index in [9.17, 15) is 0 Å². The summed E-state index contributed by atoms with van der Waals surface area (Å²) in [5.74, 6) is 1.75. The first-order valence-electron chi connectivity index (χ1n) is 7.39. The van der Waals surface area contributed by atoms with Crippen molar-refractivity contribution in [3.8, 4) is 0 Å². The van der Waals surface area contributed by atoms with Gasteiger partial charge in [-0.2, -0.15) is 0 Å². The van der Waals surface area contributed by atoms with E-state index in [4.69, 9.17) is 15.7 Å². The second kappa shape index (κ2) is 5.37. The molecule has 4 heteroatoms. The smallest absolute Gasteiger partial charge is 0.151 e. The lowest BCUT2D eigenvalue weighted by Gasteiger charge is -2.39. The summed E-state index contributed by atoms with van der Waals surface area (Å²) in [5.41, 5.74) is 8.89. The summed E-state index contributed by atoms with van der Waals surface area (Å²) in [6, 6.07) is 8.43. The van der Waals surface area contributed by atoms with Gasteiger partial charge in [0.25, 0.3) is 0 Å². The van der Waals surface area contributed by atoms with Crippen molar-refractivity contribution >= 4 is 16.9 Å². The van der Waals surface area contributed by atoms with Crippen LogP contribution in [-0.4, -0.2) is 29.1 Å². The molecule has 0 amide bonds. The molecule has 1 aromatic carbocycles. The van der Waals surface area contributed by atoms with E-state index in [2.05, 4.69) is 11.8 Å². The predicted molar refractivity (Wildman–Crippen MR) is 82.9 cm³/mol. The Kier molecular flexibility index (Phi) is 3.57. The molecule has 1 aromatic heterocycles. The Morgan fingerprint density at radius 3 is 2.65 bits per heavy atom. The van der Waals surface area contributed by atoms with Gasteiger partial charge in [0, 0.05) is 19.1 Å². The number of rotatable bonds is 2. The van der Waals surface area contributed by atoms with Crippen molar-refractivity contribution in [3.63, 3.8) is 0 Å². The maximum Gasteiger partial charge on any atom is 0.151 e. The lowest BCUT2D eigenvalue weighted by atomic mass is 9.92. The minimum absolute atomic E-state index is 0.382. The van der Waals surface area contributed by atoms with Crippen molar-refractivity contribution < 1.29 is 0 Å². The zero-order valence-electron chi connectivity index (χ0n) is 12.2. The summed E-state index contributed by atoms with van der Waals surface area (Å²) in [4.78, 5) is 11.9. The molecule has 2 N–H and O–H groups in total. The summed E-state index contributed by atoms with van der Waals surface area (Å²) in [6.45, 7) is 6.05. The van der Waals surface area contributed by atoms with Crippen LogP contribution < -0.4 is 10.6 Å². The highest BCUT2D eigenvalue weighted by Gasteiger charge is 2.27. The molecule has 0 bridgehead atoms. The minimum atomic E-state index is 0.382. The van der Waals surface area contributed by atoms with E-state index in [0.717, 1.165) is 41.4 Å². The highest BCUT2D eigenvalue weighted by molar-refractivity contribution is 5.76. The Labute approximate surface area is 120 Å². The van der Waals surface area contributed by atoms with Crippen molar-refractivity contribution in [3.05, 3.63) is 30.0 Å². The average molecular weight is 270 g/mol. The molecule has 2 aromatic rings. The van der Waals surface area contributed by atoms with E-state index in [-0.39, 0.29) is 0 Å². The molecule has 20 heavy (non-hydrogen) atoms. The number of nitrogens with zero attached hydrogens (tertiary/aromatic N) is 3. The van der Waals surface area contributed by atoms with E-state index in [0.29, 0.717) is 12.6 Å². The van der Waals surface area contributed by atoms with E-state index in [1.807, 2.05) is 31.2 Å². The Hall–Kier alpha value is -1.68. The molecule has 1 fully saturated rings. The summed E-state index contributed by atoms with van der Waals surface area (Å²) in [6.07, 6.45) is 2.34. The zero-order valence-corrected chi connectivity index (χ0v) is 12.2. The quantitative estimate of drug-likeness (QED) is 0.911. The molecule has 3 rings (SSSR count). The van der Waals surface area contributed by atoms with Gasteiger partial charge >= 0.3 is 0 Å². The van der Waals surface area contributed by atoms with E-state index >= 15 is 0 Å². The fraction of sp³-hybridized carbons (Fsp3) is 0.500. The second-order valence-corrected chi connectivity index (χ2v) is 5.83. The topological polar surface area (TPSA) is 55.0 Å². The standard InChI is InChI=1S/C16H22N4/c1-11-7-8-20(13(9-11)10-17)16-12(2)18-14-5-3-4-6-15(14)19-16/h3-6,11,13H,7-10,17H2,1-2H3. The molecule has 2 heterocycles. The van der Waals surface area contributed by atoms with Crippen LogP contribution in [0.1, 0.15) is 25.5 Å². The van der Waals surface area contributed by atoms with Gasteiger partial charge in [0.1, 0.15) is 0 Å². The number of hydrogen-bond acceptors (Lipinski definition) is 4. The van der Waals surface area contributed by atoms with Crippen molar-refractivity contribution in [2.24, 2.45) is 11.7 Å². The third-order valence-electron chi connectivity index (χ3n) is 4.24. The lowest BCUT2D eigenvalue weighted by Crippen LogP contribution is -2.47. The van der Waals surface area contributed by atoms with Crippen molar-refractivity contribution in [1.29, 1.82) is 0 Å². The summed E-state index contributed by atoms with van der Waals surface area (Å²) in [7, 11) is 0. The molecule has 2 unspecified atom stereocenters. The Morgan fingerprint density at radius 2 is 1.95 bits per heavy atom. The molecular formula is C16H22N4. The first-order chi connectivity index (χ1) is 9.69. The zero-order chi connectivity index (χ0) is 14.1. The number of anilines is 1. The third-order valence-corrected chi connectivity index (χ3v) is 4.24. The highest BCUT2D eigenvalue weighted by atomic mass is 15.2. The first kappa shape index (κ1) is 13.3. The SMILES string of the molecule is Cc1nc2ccccc2nc1N1CCC(C)CC1CN. The highest BCUT2D eigenvalue weighted by Crippen LogP contribution is 2.28. The molecule has 0 saturated carbocycles. The molecule has 1 aliphatic heterocycles. The van der Waals surface area contributed by atoms with Gasteiger partial charge in [-0.1, -0.05) is 19.1 Å². The van der Waals surface area contributed by atoms with Crippen LogP contribution in [0, 0.1) is 12.8 Å². The monoisotopic (exact) mass is 270 g/mol. The molecule has 0 spiro atoms. The summed E-state index contributed by atoms with van der Waals surface area (Å²) < 4.78 is 0. The lowest BCUT2D eigenvalue weighted by molar-refractivity contribution is 0.364. The van der Waals surface area contributed by atoms with Crippen LogP contribution in [0.25, 0.3) is 11.0 Å². The van der Waals surface area contributed by atoms with Crippen LogP contribution in [0.3, 0.4) is 0 Å². The van der Waals surface area contributed by atoms with Gasteiger partial charge in [-0.25, -0.2) is 9.97 Å². The maximum atomic E-state index is 5.97. The molecule has 2 atom stereocenters. The number of piperidine rings is 1. The normalized spacial score (nSPS) is 23.2. The van der Waals surface area contributed by atoms with Gasteiger partial charge in [0.15, 0.2) is 5.82 Å². The Balaban J connectivity index is 2.02. The molecular weight excluding hydrogens is 248 g/mol. The number of para-hydroxylation sites is 2. The minimum Gasteiger partial charge on any atom is -0.351 e. The van der Waals surface area contributed by atoms with E-state index in [1.54, 1.807) is 0 Å². The van der Waals surface area contributed by atoms with Gasteiger partial charge in [-0.15, -0.1) is 0 Å². The van der Waals surface area contributed by atoms with E-state index in [1.165, 1.54) is 6.42 Å². The average Bonchev–Trinajstić information content (AvgIpc) is 2.46. The fourth-order valence-electron chi connectivity index (χ4n) is 3.10. The van der Waals surface area contributed by atoms with Crippen molar-refractivity contribution in [2.75, 3.05) is 18.0 Å². The second-order valence-electron chi connectivity index (χ2n) is 5.83. The maximum absolute atomic E-state index is 5.97. The Bertz CT molecular complexity index is 610. The van der Waals surface area contributed by atoms with Crippen LogP contribution in [0.5, 0.6) is 0 Å². The molecule has 4 nitrogen and oxygen atoms in total. The molecule has 0 radical (unpaired) electrons. The molecule has 0 aliphatic carbocycles. The third kappa shape index (κ3) is 2.36. The van der Waals surface area contributed by atoms with Crippen molar-refractivity contribution in [1.82, 2.24) is 9.97 Å². The number of nitrogens with two attached hydrogens (primary N) is 1. The first-order valence-corrected chi connectivity index (χ1v) is 7.39. The summed E-state index contributed by atoms with van der Waals surface area (Å²) >= 11 is 0. The van der Waals surface area contributed by atoms with Gasteiger partial charge in [0.05, 0.1) is 16.7 Å². The number of aromatic nitrogens is 2. The van der Waals surface area contributed by atoms with E-state index < -0.39 is 0 Å². The number of fused-ring (bicyclic) bond motifs is 1. The molecule has 1 aliphatic rings. The number of hydrogen-bond donors (Lipinski definition) is 1. The fourth-order valence-corrected chi connectivity index (χ4v) is 3.10. The molecule has 1 saturated heterocycles. The summed E-state index contributed by atoms with van der Waals surface area (Å²) in [5, 5.41) is 0.